The zero-order chi connectivity index (χ0) is 39.1. The maximum absolute atomic E-state index is 6.20. The van der Waals surface area contributed by atoms with Crippen molar-refractivity contribution in [3.63, 3.8) is 0 Å². The molecule has 10 rings (SSSR count). The summed E-state index contributed by atoms with van der Waals surface area (Å²) in [6.07, 6.45) is 0. The molecule has 0 unspecified atom stereocenters. The fourth-order valence-corrected chi connectivity index (χ4v) is 9.74. The summed E-state index contributed by atoms with van der Waals surface area (Å²) < 4.78 is 6.20. The number of nitrogens with zero attached hydrogens (tertiary/aromatic N) is 1. The van der Waals surface area contributed by atoms with Crippen LogP contribution in [-0.2, 0) is 0 Å². The summed E-state index contributed by atoms with van der Waals surface area (Å²) in [5, 5.41) is 9.96. The molecule has 0 atom stereocenters. The SMILES string of the molecule is Bc1c(B)c(B)c2c(B)c(-c3ccc(N(c4ccccc4)c4ccc(-c5ccc6oc7ccccc7c6c5)c5ccccc45)c4ccccc34)c(B)c(B)c2c1B. The number of para-hydroxylation sites is 2. The summed E-state index contributed by atoms with van der Waals surface area (Å²) in [5.74, 6) is 0. The van der Waals surface area contributed by atoms with Gasteiger partial charge in [0.1, 0.15) is 66.1 Å². The standard InChI is InChI=1S/C48H38B7NO/c49-42-39(43(50)44(51)41-40(42)45(52)47(54)48(55)46(41)53)33-20-22-36(31-15-7-5-13-29(31)33)56(26-10-2-1-3-11-26)35-21-19-27(28-12-4-6-14-30(28)35)25-18-23-38-34(24-25)32-16-8-9-17-37(32)57-38/h1-24H,49-55H2. The van der Waals surface area contributed by atoms with Crippen molar-refractivity contribution in [3.05, 3.63) is 146 Å². The van der Waals surface area contributed by atoms with Crippen molar-refractivity contribution in [3.8, 4) is 22.3 Å². The van der Waals surface area contributed by atoms with Gasteiger partial charge in [0, 0.05) is 27.2 Å². The lowest BCUT2D eigenvalue weighted by Gasteiger charge is -2.30. The predicted octanol–water partition coefficient (Wildman–Crippen LogP) is 1.66. The molecule has 9 heteroatoms. The van der Waals surface area contributed by atoms with Gasteiger partial charge in [0.25, 0.3) is 0 Å². The number of hydrogen-bond donors (Lipinski definition) is 0. The van der Waals surface area contributed by atoms with E-state index in [9.17, 15) is 0 Å². The Morgan fingerprint density at radius 1 is 0.351 bits per heavy atom. The van der Waals surface area contributed by atoms with Crippen LogP contribution < -0.4 is 43.1 Å². The second-order valence-corrected chi connectivity index (χ2v) is 15.8. The summed E-state index contributed by atoms with van der Waals surface area (Å²) >= 11 is 0. The molecule has 0 bridgehead atoms. The summed E-state index contributed by atoms with van der Waals surface area (Å²) in [5.41, 5.74) is 19.9. The molecule has 0 fully saturated rings. The average molecular weight is 721 g/mol. The Kier molecular flexibility index (Phi) is 8.34. The third kappa shape index (κ3) is 5.36. The Labute approximate surface area is 340 Å². The molecule has 0 spiro atoms. The predicted molar refractivity (Wildman–Crippen MR) is 269 cm³/mol. The molecule has 2 nitrogen and oxygen atoms in total. The van der Waals surface area contributed by atoms with Gasteiger partial charge in [-0.1, -0.05) is 130 Å². The van der Waals surface area contributed by atoms with E-state index in [4.69, 9.17) is 4.42 Å². The van der Waals surface area contributed by atoms with Crippen molar-refractivity contribution in [2.75, 3.05) is 4.90 Å². The molecule has 1 heterocycles. The lowest BCUT2D eigenvalue weighted by molar-refractivity contribution is 0.669. The van der Waals surface area contributed by atoms with E-state index in [2.05, 4.69) is 193 Å². The summed E-state index contributed by atoms with van der Waals surface area (Å²) in [6, 6.07) is 52.9. The summed E-state index contributed by atoms with van der Waals surface area (Å²) in [7, 11) is 16.1. The van der Waals surface area contributed by atoms with Crippen LogP contribution in [-0.4, -0.2) is 54.9 Å². The van der Waals surface area contributed by atoms with E-state index in [-0.39, 0.29) is 0 Å². The first-order valence-corrected chi connectivity index (χ1v) is 20.0. The van der Waals surface area contributed by atoms with Gasteiger partial charge in [0.2, 0.25) is 0 Å². The molecule has 0 aliphatic rings. The van der Waals surface area contributed by atoms with Gasteiger partial charge in [-0.15, -0.1) is 10.9 Å². The molecule has 0 N–H and O–H groups in total. The van der Waals surface area contributed by atoms with Crippen molar-refractivity contribution in [1.29, 1.82) is 0 Å². The summed E-state index contributed by atoms with van der Waals surface area (Å²) in [6.45, 7) is 0. The first-order valence-electron chi connectivity index (χ1n) is 20.0. The minimum Gasteiger partial charge on any atom is -0.456 e. The molecule has 0 saturated carbocycles. The summed E-state index contributed by atoms with van der Waals surface area (Å²) in [4.78, 5) is 2.45. The molecule has 0 aliphatic heterocycles. The number of rotatable bonds is 5. The highest BCUT2D eigenvalue weighted by Gasteiger charge is 2.23. The Bertz CT molecular complexity index is 3290. The van der Waals surface area contributed by atoms with Crippen molar-refractivity contribution >= 4 is 164 Å². The van der Waals surface area contributed by atoms with Crippen LogP contribution in [0.4, 0.5) is 17.1 Å². The molecule has 1 aromatic heterocycles. The van der Waals surface area contributed by atoms with Gasteiger partial charge in [-0.25, -0.2) is 0 Å². The quantitative estimate of drug-likeness (QED) is 0.252. The Balaban J connectivity index is 1.20. The van der Waals surface area contributed by atoms with Gasteiger partial charge in [0.05, 0.1) is 11.4 Å². The molecule has 0 aliphatic carbocycles. The van der Waals surface area contributed by atoms with Gasteiger partial charge in [-0.05, 0) is 86.3 Å². The lowest BCUT2D eigenvalue weighted by atomic mass is 9.58. The van der Waals surface area contributed by atoms with Crippen molar-refractivity contribution in [2.45, 2.75) is 0 Å². The fourth-order valence-electron chi connectivity index (χ4n) is 9.74. The average Bonchev–Trinajstić information content (AvgIpc) is 3.62. The number of benzene rings is 9. The number of anilines is 3. The monoisotopic (exact) mass is 721 g/mol. The zero-order valence-corrected chi connectivity index (χ0v) is 33.7. The Hall–Kier alpha value is -6.19. The van der Waals surface area contributed by atoms with Crippen LogP contribution >= 0.6 is 0 Å². The van der Waals surface area contributed by atoms with Gasteiger partial charge >= 0.3 is 0 Å². The highest BCUT2D eigenvalue weighted by atomic mass is 16.3. The van der Waals surface area contributed by atoms with Crippen molar-refractivity contribution in [1.82, 2.24) is 0 Å². The van der Waals surface area contributed by atoms with E-state index < -0.39 is 0 Å². The first kappa shape index (κ1) is 35.2. The van der Waals surface area contributed by atoms with E-state index in [1.165, 1.54) is 92.8 Å². The molecular weight excluding hydrogens is 682 g/mol. The molecule has 262 valence electrons. The minimum atomic E-state index is 0.908. The van der Waals surface area contributed by atoms with E-state index in [1.54, 1.807) is 0 Å². The van der Waals surface area contributed by atoms with Crippen molar-refractivity contribution < 1.29 is 4.42 Å². The maximum Gasteiger partial charge on any atom is 0.140 e. The largest absolute Gasteiger partial charge is 0.456 e. The lowest BCUT2D eigenvalue weighted by Crippen LogP contribution is -2.52. The van der Waals surface area contributed by atoms with Crippen LogP contribution in [0.25, 0.3) is 76.5 Å². The highest BCUT2D eigenvalue weighted by molar-refractivity contribution is 6.72. The minimum absolute atomic E-state index is 0.908. The third-order valence-corrected chi connectivity index (χ3v) is 13.0. The number of fused-ring (bicyclic) bond motifs is 6. The van der Waals surface area contributed by atoms with Gasteiger partial charge in [-0.2, -0.15) is 0 Å². The van der Waals surface area contributed by atoms with E-state index in [1.807, 2.05) is 12.1 Å². The smallest absolute Gasteiger partial charge is 0.140 e. The molecule has 10 aromatic rings. The third-order valence-electron chi connectivity index (χ3n) is 13.0. The maximum atomic E-state index is 6.20. The van der Waals surface area contributed by atoms with Crippen LogP contribution in [0, 0.1) is 0 Å². The molecule has 9 aromatic carbocycles. The van der Waals surface area contributed by atoms with Crippen LogP contribution in [0.1, 0.15) is 0 Å². The van der Waals surface area contributed by atoms with Crippen LogP contribution in [0.5, 0.6) is 0 Å². The van der Waals surface area contributed by atoms with Gasteiger partial charge in [0.15, 0.2) is 0 Å². The van der Waals surface area contributed by atoms with Crippen LogP contribution in [0.3, 0.4) is 0 Å². The van der Waals surface area contributed by atoms with Gasteiger partial charge in [-0.3, -0.25) is 0 Å². The van der Waals surface area contributed by atoms with Crippen LogP contribution in [0.2, 0.25) is 0 Å². The fraction of sp³-hybridized carbons (Fsp3) is 0. The highest BCUT2D eigenvalue weighted by Crippen LogP contribution is 2.46. The molecular formula is C48H38B7NO. The molecule has 0 radical (unpaired) electrons. The second-order valence-electron chi connectivity index (χ2n) is 15.8. The molecule has 0 amide bonds. The number of hydrogen-bond acceptors (Lipinski definition) is 2. The number of furan rings is 1. The normalized spacial score (nSPS) is 11.6. The van der Waals surface area contributed by atoms with Gasteiger partial charge < -0.3 is 9.32 Å². The van der Waals surface area contributed by atoms with E-state index >= 15 is 0 Å². The molecule has 57 heavy (non-hydrogen) atoms. The Morgan fingerprint density at radius 2 is 0.842 bits per heavy atom. The van der Waals surface area contributed by atoms with Crippen molar-refractivity contribution in [2.24, 2.45) is 0 Å². The second kappa shape index (κ2) is 13.5. The van der Waals surface area contributed by atoms with Crippen LogP contribution in [0.15, 0.2) is 150 Å². The van der Waals surface area contributed by atoms with E-state index in [0.29, 0.717) is 0 Å². The molecule has 0 saturated heterocycles. The first-order chi connectivity index (χ1) is 27.7. The zero-order valence-electron chi connectivity index (χ0n) is 33.7. The topological polar surface area (TPSA) is 16.4 Å². The Morgan fingerprint density at radius 3 is 1.49 bits per heavy atom. The van der Waals surface area contributed by atoms with E-state index in [0.717, 1.165) is 39.0 Å².